The van der Waals surface area contributed by atoms with E-state index in [9.17, 15) is 22.4 Å². The first-order valence-electron chi connectivity index (χ1n) is 7.56. The molecule has 0 saturated carbocycles. The van der Waals surface area contributed by atoms with Crippen LogP contribution in [-0.4, -0.2) is 15.9 Å². The number of anilines is 1. The van der Waals surface area contributed by atoms with Crippen molar-refractivity contribution < 1.29 is 27.1 Å². The van der Waals surface area contributed by atoms with Gasteiger partial charge in [0.15, 0.2) is 5.69 Å². The molecule has 0 radical (unpaired) electrons. The summed E-state index contributed by atoms with van der Waals surface area (Å²) in [4.78, 5) is 20.0. The predicted octanol–water partition coefficient (Wildman–Crippen LogP) is 4.68. The van der Waals surface area contributed by atoms with Crippen LogP contribution in [0.25, 0.3) is 0 Å². The topological polar surface area (TPSA) is 64.1 Å². The zero-order valence-electron chi connectivity index (χ0n) is 13.5. The lowest BCUT2D eigenvalue weighted by Gasteiger charge is -2.14. The largest absolute Gasteiger partial charge is 0.436 e. The molecule has 0 bridgehead atoms. The predicted molar refractivity (Wildman–Crippen MR) is 87.9 cm³/mol. The van der Waals surface area contributed by atoms with Crippen LogP contribution in [0.4, 0.5) is 23.2 Å². The lowest BCUT2D eigenvalue weighted by atomic mass is 10.2. The summed E-state index contributed by atoms with van der Waals surface area (Å²) in [5.74, 6) is -2.16. The fraction of sp³-hybridized carbons (Fsp3) is 0.0556. The number of para-hydroxylation sites is 1. The quantitative estimate of drug-likeness (QED) is 0.671. The first kappa shape index (κ1) is 18.3. The summed E-state index contributed by atoms with van der Waals surface area (Å²) >= 11 is 0. The number of alkyl halides is 3. The Morgan fingerprint density at radius 1 is 0.963 bits per heavy atom. The fourth-order valence-corrected chi connectivity index (χ4v) is 2.17. The number of aromatic nitrogens is 2. The number of hydrogen-bond acceptors (Lipinski definition) is 4. The van der Waals surface area contributed by atoms with Crippen LogP contribution in [0.15, 0.2) is 60.9 Å². The molecule has 0 atom stereocenters. The minimum atomic E-state index is -4.64. The molecule has 3 rings (SSSR count). The summed E-state index contributed by atoms with van der Waals surface area (Å²) in [5.41, 5.74) is -1.06. The van der Waals surface area contributed by atoms with E-state index in [1.165, 1.54) is 36.7 Å². The molecule has 0 fully saturated rings. The number of hydrogen-bond donors (Lipinski definition) is 1. The van der Waals surface area contributed by atoms with Gasteiger partial charge in [-0.05, 0) is 36.4 Å². The van der Waals surface area contributed by atoms with E-state index < -0.39 is 35.1 Å². The van der Waals surface area contributed by atoms with Crippen LogP contribution in [0.5, 0.6) is 11.6 Å². The molecule has 1 amide bonds. The highest BCUT2D eigenvalue weighted by Gasteiger charge is 2.34. The number of rotatable bonds is 4. The Morgan fingerprint density at radius 3 is 2.33 bits per heavy atom. The molecule has 3 aromatic rings. The first-order valence-corrected chi connectivity index (χ1v) is 7.56. The van der Waals surface area contributed by atoms with Gasteiger partial charge >= 0.3 is 6.18 Å². The minimum Gasteiger partial charge on any atom is -0.436 e. The van der Waals surface area contributed by atoms with Gasteiger partial charge in [0.05, 0.1) is 5.56 Å². The van der Waals surface area contributed by atoms with Gasteiger partial charge < -0.3 is 10.1 Å². The Morgan fingerprint density at radius 2 is 1.63 bits per heavy atom. The molecule has 0 spiro atoms. The Labute approximate surface area is 150 Å². The van der Waals surface area contributed by atoms with E-state index in [1.807, 2.05) is 0 Å². The number of ether oxygens (including phenoxy) is 1. The van der Waals surface area contributed by atoms with Crippen LogP contribution in [0.1, 0.15) is 16.1 Å². The van der Waals surface area contributed by atoms with Gasteiger partial charge in [0.25, 0.3) is 11.8 Å². The van der Waals surface area contributed by atoms with Crippen molar-refractivity contribution >= 4 is 11.6 Å². The molecule has 1 heterocycles. The molecule has 9 heteroatoms. The van der Waals surface area contributed by atoms with Crippen molar-refractivity contribution in [3.63, 3.8) is 0 Å². The lowest BCUT2D eigenvalue weighted by molar-refractivity contribution is -0.138. The van der Waals surface area contributed by atoms with Crippen molar-refractivity contribution in [1.29, 1.82) is 0 Å². The second-order valence-corrected chi connectivity index (χ2v) is 5.27. The Hall–Kier alpha value is -3.49. The molecule has 0 aliphatic heterocycles. The third kappa shape index (κ3) is 4.38. The summed E-state index contributed by atoms with van der Waals surface area (Å²) in [6, 6.07) is 9.47. The Balaban J connectivity index is 1.89. The third-order valence-electron chi connectivity index (χ3n) is 3.38. The highest BCUT2D eigenvalue weighted by molar-refractivity contribution is 6.04. The highest BCUT2D eigenvalue weighted by atomic mass is 19.4. The van der Waals surface area contributed by atoms with E-state index >= 15 is 0 Å². The Kier molecular flexibility index (Phi) is 5.02. The molecule has 27 heavy (non-hydrogen) atoms. The Bertz CT molecular complexity index is 959. The molecule has 2 aromatic carbocycles. The monoisotopic (exact) mass is 377 g/mol. The molecule has 1 N–H and O–H groups in total. The fourth-order valence-electron chi connectivity index (χ4n) is 2.17. The summed E-state index contributed by atoms with van der Waals surface area (Å²) in [5, 5.41) is 2.45. The van der Waals surface area contributed by atoms with E-state index in [1.54, 1.807) is 0 Å². The number of nitrogens with zero attached hydrogens (tertiary/aromatic N) is 2. The standard InChI is InChI=1S/C18H11F4N3O2/c19-11-5-7-12(8-6-11)25-16(26)15-17(24-10-9-23-15)27-14-4-2-1-3-13(14)18(20,21)22/h1-10H,(H,25,26). The minimum absolute atomic E-state index is 0.272. The molecular formula is C18H11F4N3O2. The van der Waals surface area contributed by atoms with Crippen molar-refractivity contribution in [2.45, 2.75) is 6.18 Å². The van der Waals surface area contributed by atoms with E-state index in [-0.39, 0.29) is 11.4 Å². The molecule has 5 nitrogen and oxygen atoms in total. The van der Waals surface area contributed by atoms with E-state index in [4.69, 9.17) is 4.74 Å². The molecule has 0 aliphatic rings. The number of carbonyl (C=O) groups is 1. The van der Waals surface area contributed by atoms with Crippen molar-refractivity contribution in [3.8, 4) is 11.6 Å². The van der Waals surface area contributed by atoms with Crippen LogP contribution in [0, 0.1) is 5.82 Å². The smallest absolute Gasteiger partial charge is 0.419 e. The van der Waals surface area contributed by atoms with Gasteiger partial charge in [-0.1, -0.05) is 12.1 Å². The van der Waals surface area contributed by atoms with Crippen LogP contribution >= 0.6 is 0 Å². The number of benzene rings is 2. The van der Waals surface area contributed by atoms with Crippen LogP contribution < -0.4 is 10.1 Å². The average Bonchev–Trinajstić information content (AvgIpc) is 2.63. The zero-order chi connectivity index (χ0) is 19.4. The molecule has 138 valence electrons. The van der Waals surface area contributed by atoms with Crippen molar-refractivity contribution in [2.75, 3.05) is 5.32 Å². The van der Waals surface area contributed by atoms with Gasteiger partial charge in [0.1, 0.15) is 11.6 Å². The van der Waals surface area contributed by atoms with Gasteiger partial charge in [0, 0.05) is 18.1 Å². The van der Waals surface area contributed by atoms with E-state index in [0.717, 1.165) is 24.3 Å². The van der Waals surface area contributed by atoms with Gasteiger partial charge in [-0.15, -0.1) is 0 Å². The maximum Gasteiger partial charge on any atom is 0.419 e. The maximum atomic E-state index is 13.1. The van der Waals surface area contributed by atoms with Crippen molar-refractivity contribution in [2.24, 2.45) is 0 Å². The summed E-state index contributed by atoms with van der Waals surface area (Å²) in [6.45, 7) is 0. The summed E-state index contributed by atoms with van der Waals surface area (Å²) < 4.78 is 57.5. The van der Waals surface area contributed by atoms with E-state index in [2.05, 4.69) is 15.3 Å². The second-order valence-electron chi connectivity index (χ2n) is 5.27. The summed E-state index contributed by atoms with van der Waals surface area (Å²) in [7, 11) is 0. The van der Waals surface area contributed by atoms with Crippen LogP contribution in [0.2, 0.25) is 0 Å². The van der Waals surface area contributed by atoms with Crippen LogP contribution in [-0.2, 0) is 6.18 Å². The number of amides is 1. The SMILES string of the molecule is O=C(Nc1ccc(F)cc1)c1nccnc1Oc1ccccc1C(F)(F)F. The molecule has 0 aliphatic carbocycles. The van der Waals surface area contributed by atoms with Crippen LogP contribution in [0.3, 0.4) is 0 Å². The average molecular weight is 377 g/mol. The van der Waals surface area contributed by atoms with Gasteiger partial charge in [-0.2, -0.15) is 13.2 Å². The molecule has 1 aromatic heterocycles. The second kappa shape index (κ2) is 7.40. The highest BCUT2D eigenvalue weighted by Crippen LogP contribution is 2.37. The number of nitrogens with one attached hydrogen (secondary N) is 1. The third-order valence-corrected chi connectivity index (χ3v) is 3.38. The van der Waals surface area contributed by atoms with Crippen molar-refractivity contribution in [1.82, 2.24) is 9.97 Å². The lowest BCUT2D eigenvalue weighted by Crippen LogP contribution is -2.16. The van der Waals surface area contributed by atoms with E-state index in [0.29, 0.717) is 0 Å². The maximum absolute atomic E-state index is 13.1. The number of halogens is 4. The first-order chi connectivity index (χ1) is 12.8. The molecule has 0 unspecified atom stereocenters. The summed E-state index contributed by atoms with van der Waals surface area (Å²) in [6.07, 6.45) is -2.27. The normalized spacial score (nSPS) is 11.1. The molecular weight excluding hydrogens is 366 g/mol. The van der Waals surface area contributed by atoms with Gasteiger partial charge in [-0.3, -0.25) is 4.79 Å². The van der Waals surface area contributed by atoms with Gasteiger partial charge in [0.2, 0.25) is 0 Å². The molecule has 0 saturated heterocycles. The van der Waals surface area contributed by atoms with Gasteiger partial charge in [-0.25, -0.2) is 14.4 Å². The zero-order valence-corrected chi connectivity index (χ0v) is 13.5. The van der Waals surface area contributed by atoms with Crippen molar-refractivity contribution in [3.05, 3.63) is 78.0 Å². The number of carbonyl (C=O) groups excluding carboxylic acids is 1.